The summed E-state index contributed by atoms with van der Waals surface area (Å²) in [5.41, 5.74) is 0.307. The molecule has 1 saturated heterocycles. The topological polar surface area (TPSA) is 63.7 Å². The third-order valence-electron chi connectivity index (χ3n) is 3.07. The van der Waals surface area contributed by atoms with Crippen molar-refractivity contribution in [2.24, 2.45) is 0 Å². The van der Waals surface area contributed by atoms with Gasteiger partial charge < -0.3 is 9.64 Å². The number of halogens is 1. The first-order valence-corrected chi connectivity index (χ1v) is 8.16. The number of carbonyl (C=O) groups is 1. The average Bonchev–Trinajstić information content (AvgIpc) is 2.90. The van der Waals surface area contributed by atoms with Gasteiger partial charge in [0.2, 0.25) is 0 Å². The van der Waals surface area contributed by atoms with Crippen LogP contribution < -0.4 is 4.74 Å². The van der Waals surface area contributed by atoms with E-state index in [1.54, 1.807) is 11.0 Å². The summed E-state index contributed by atoms with van der Waals surface area (Å²) in [5.74, 6) is -0.0466. The zero-order valence-electron chi connectivity index (χ0n) is 10.4. The maximum atomic E-state index is 12.2. The van der Waals surface area contributed by atoms with Crippen molar-refractivity contribution in [3.63, 3.8) is 0 Å². The van der Waals surface area contributed by atoms with E-state index in [4.69, 9.17) is 15.4 Å². The highest BCUT2D eigenvalue weighted by Crippen LogP contribution is 2.28. The van der Waals surface area contributed by atoms with Gasteiger partial charge in [0.1, 0.15) is 10.6 Å². The molecule has 1 aliphatic rings. The fourth-order valence-electron chi connectivity index (χ4n) is 2.10. The van der Waals surface area contributed by atoms with E-state index in [0.29, 0.717) is 18.7 Å². The van der Waals surface area contributed by atoms with Gasteiger partial charge in [-0.15, -0.1) is 0 Å². The van der Waals surface area contributed by atoms with Crippen molar-refractivity contribution >= 4 is 25.6 Å². The van der Waals surface area contributed by atoms with Gasteiger partial charge in [-0.25, -0.2) is 8.42 Å². The van der Waals surface area contributed by atoms with Gasteiger partial charge in [0, 0.05) is 29.3 Å². The number of hydrogen-bond donors (Lipinski definition) is 0. The van der Waals surface area contributed by atoms with Gasteiger partial charge in [0.15, 0.2) is 0 Å². The molecule has 0 saturated carbocycles. The SMILES string of the molecule is COc1ccc(C(=O)N2CCCC2)cc1S(=O)(=O)Cl. The molecule has 19 heavy (non-hydrogen) atoms. The van der Waals surface area contributed by atoms with Gasteiger partial charge >= 0.3 is 0 Å². The molecular weight excluding hydrogens is 290 g/mol. The van der Waals surface area contributed by atoms with Crippen LogP contribution in [0.25, 0.3) is 0 Å². The largest absolute Gasteiger partial charge is 0.495 e. The van der Waals surface area contributed by atoms with Crippen molar-refractivity contribution < 1.29 is 17.9 Å². The molecule has 0 bridgehead atoms. The van der Waals surface area contributed by atoms with E-state index in [2.05, 4.69) is 0 Å². The molecule has 0 atom stereocenters. The zero-order chi connectivity index (χ0) is 14.0. The second-order valence-corrected chi connectivity index (χ2v) is 6.84. The van der Waals surface area contributed by atoms with Gasteiger partial charge in [-0.2, -0.15) is 0 Å². The minimum Gasteiger partial charge on any atom is -0.495 e. The summed E-state index contributed by atoms with van der Waals surface area (Å²) in [7, 11) is 2.75. The highest BCUT2D eigenvalue weighted by Gasteiger charge is 2.23. The first kappa shape index (κ1) is 14.1. The Morgan fingerprint density at radius 2 is 1.95 bits per heavy atom. The Labute approximate surface area is 116 Å². The smallest absolute Gasteiger partial charge is 0.265 e. The zero-order valence-corrected chi connectivity index (χ0v) is 12.0. The first-order chi connectivity index (χ1) is 8.93. The van der Waals surface area contributed by atoms with E-state index < -0.39 is 9.05 Å². The summed E-state index contributed by atoms with van der Waals surface area (Å²) in [4.78, 5) is 13.7. The molecule has 1 heterocycles. The van der Waals surface area contributed by atoms with Crippen molar-refractivity contribution in [2.75, 3.05) is 20.2 Å². The highest BCUT2D eigenvalue weighted by molar-refractivity contribution is 8.13. The van der Waals surface area contributed by atoms with Crippen molar-refractivity contribution in [3.8, 4) is 5.75 Å². The average molecular weight is 304 g/mol. The van der Waals surface area contributed by atoms with Gasteiger partial charge in [-0.1, -0.05) is 0 Å². The molecule has 0 spiro atoms. The van der Waals surface area contributed by atoms with Crippen LogP contribution in [0, 0.1) is 0 Å². The van der Waals surface area contributed by atoms with Crippen LogP contribution in [0.4, 0.5) is 0 Å². The molecule has 0 N–H and O–H groups in total. The Balaban J connectivity index is 2.40. The predicted molar refractivity (Wildman–Crippen MR) is 71.2 cm³/mol. The molecule has 2 rings (SSSR count). The number of rotatable bonds is 3. The number of amides is 1. The van der Waals surface area contributed by atoms with Crippen LogP contribution in [-0.4, -0.2) is 39.4 Å². The lowest BCUT2D eigenvalue weighted by Gasteiger charge is -2.16. The summed E-state index contributed by atoms with van der Waals surface area (Å²) in [6.07, 6.45) is 1.95. The molecule has 1 aliphatic heterocycles. The number of carbonyl (C=O) groups excluding carboxylic acids is 1. The van der Waals surface area contributed by atoms with Crippen LogP contribution >= 0.6 is 10.7 Å². The Hall–Kier alpha value is -1.27. The number of hydrogen-bond acceptors (Lipinski definition) is 4. The van der Waals surface area contributed by atoms with Crippen molar-refractivity contribution in [1.82, 2.24) is 4.90 Å². The molecule has 7 heteroatoms. The Morgan fingerprint density at radius 1 is 1.32 bits per heavy atom. The van der Waals surface area contributed by atoms with Crippen LogP contribution in [-0.2, 0) is 9.05 Å². The number of ether oxygens (including phenoxy) is 1. The highest BCUT2D eigenvalue weighted by atomic mass is 35.7. The Bertz CT molecular complexity index is 594. The fraction of sp³-hybridized carbons (Fsp3) is 0.417. The molecule has 1 fully saturated rings. The van der Waals surface area contributed by atoms with Crippen molar-refractivity contribution in [3.05, 3.63) is 23.8 Å². The monoisotopic (exact) mass is 303 g/mol. The van der Waals surface area contributed by atoms with E-state index in [0.717, 1.165) is 12.8 Å². The maximum absolute atomic E-state index is 12.2. The molecule has 1 amide bonds. The van der Waals surface area contributed by atoms with Crippen LogP contribution in [0.3, 0.4) is 0 Å². The molecule has 104 valence electrons. The first-order valence-electron chi connectivity index (χ1n) is 5.85. The molecule has 5 nitrogen and oxygen atoms in total. The van der Waals surface area contributed by atoms with Crippen LogP contribution in [0.1, 0.15) is 23.2 Å². The summed E-state index contributed by atoms with van der Waals surface area (Å²) in [6.45, 7) is 1.40. The lowest BCUT2D eigenvalue weighted by atomic mass is 10.2. The maximum Gasteiger partial charge on any atom is 0.265 e. The normalized spacial score (nSPS) is 15.6. The van der Waals surface area contributed by atoms with Crippen molar-refractivity contribution in [1.29, 1.82) is 0 Å². The third kappa shape index (κ3) is 3.01. The van der Waals surface area contributed by atoms with Gasteiger partial charge in [0.05, 0.1) is 7.11 Å². The summed E-state index contributed by atoms with van der Waals surface area (Å²) < 4.78 is 27.9. The lowest BCUT2D eigenvalue weighted by Crippen LogP contribution is -2.27. The number of likely N-dealkylation sites (tertiary alicyclic amines) is 1. The Kier molecular flexibility index (Phi) is 4.01. The van der Waals surface area contributed by atoms with Gasteiger partial charge in [-0.3, -0.25) is 4.79 Å². The molecule has 1 aromatic rings. The van der Waals surface area contributed by atoms with Crippen LogP contribution in [0.15, 0.2) is 23.1 Å². The Morgan fingerprint density at radius 3 is 2.47 bits per heavy atom. The lowest BCUT2D eigenvalue weighted by molar-refractivity contribution is 0.0792. The van der Waals surface area contributed by atoms with Crippen LogP contribution in [0.5, 0.6) is 5.75 Å². The summed E-state index contributed by atoms with van der Waals surface area (Å²) in [6, 6.07) is 4.26. The number of nitrogens with zero attached hydrogens (tertiary/aromatic N) is 1. The standard InChI is InChI=1S/C12H14ClNO4S/c1-18-10-5-4-9(8-11(10)19(13,16)17)12(15)14-6-2-3-7-14/h4-5,8H,2-3,6-7H2,1H3. The summed E-state index contributed by atoms with van der Waals surface area (Å²) >= 11 is 0. The van der Waals surface area contributed by atoms with Gasteiger partial charge in [0.25, 0.3) is 15.0 Å². The fourth-order valence-corrected chi connectivity index (χ4v) is 3.12. The summed E-state index contributed by atoms with van der Waals surface area (Å²) in [5, 5.41) is 0. The predicted octanol–water partition coefficient (Wildman–Crippen LogP) is 1.86. The van der Waals surface area contributed by atoms with E-state index in [1.807, 2.05) is 0 Å². The van der Waals surface area contributed by atoms with E-state index in [9.17, 15) is 13.2 Å². The molecule has 0 aromatic heterocycles. The quantitative estimate of drug-likeness (QED) is 0.800. The number of benzene rings is 1. The van der Waals surface area contributed by atoms with E-state index in [-0.39, 0.29) is 16.6 Å². The minimum atomic E-state index is -3.95. The van der Waals surface area contributed by atoms with Crippen LogP contribution in [0.2, 0.25) is 0 Å². The minimum absolute atomic E-state index is 0.132. The molecule has 0 aliphatic carbocycles. The number of methoxy groups -OCH3 is 1. The van der Waals surface area contributed by atoms with E-state index in [1.165, 1.54) is 19.2 Å². The van der Waals surface area contributed by atoms with Gasteiger partial charge in [-0.05, 0) is 31.0 Å². The van der Waals surface area contributed by atoms with E-state index >= 15 is 0 Å². The molecule has 0 radical (unpaired) electrons. The third-order valence-corrected chi connectivity index (χ3v) is 4.41. The molecule has 0 unspecified atom stereocenters. The molecule has 1 aromatic carbocycles. The second-order valence-electron chi connectivity index (χ2n) is 4.30. The molecular formula is C12H14ClNO4S. The van der Waals surface area contributed by atoms with Crippen molar-refractivity contribution in [2.45, 2.75) is 17.7 Å². The second kappa shape index (κ2) is 5.38.